The molecule has 2 aromatic carbocycles. The third-order valence-corrected chi connectivity index (χ3v) is 4.12. The first kappa shape index (κ1) is 16.1. The minimum absolute atomic E-state index is 0.0888. The number of halogens is 2. The fourth-order valence-corrected chi connectivity index (χ4v) is 2.94. The second-order valence-electron chi connectivity index (χ2n) is 5.81. The Bertz CT molecular complexity index is 1070. The zero-order valence-electron chi connectivity index (χ0n) is 13.3. The molecule has 0 aliphatic carbocycles. The number of ether oxygens (including phenoxy) is 1. The van der Waals surface area contributed by atoms with Crippen LogP contribution in [0.2, 0.25) is 0 Å². The van der Waals surface area contributed by atoms with E-state index in [1.807, 2.05) is 0 Å². The number of amides is 2. The second kappa shape index (κ2) is 5.83. The van der Waals surface area contributed by atoms with Crippen LogP contribution in [0.5, 0.6) is 5.75 Å². The molecule has 0 spiro atoms. The fourth-order valence-electron chi connectivity index (χ4n) is 2.94. The quantitative estimate of drug-likeness (QED) is 0.752. The molecule has 2 heterocycles. The van der Waals surface area contributed by atoms with Crippen LogP contribution in [-0.2, 0) is 6.42 Å². The number of carbonyl (C=O) groups is 2. The number of nitrogens with two attached hydrogens (primary N) is 1. The van der Waals surface area contributed by atoms with E-state index in [9.17, 15) is 18.4 Å². The van der Waals surface area contributed by atoms with Crippen molar-refractivity contribution in [2.45, 2.75) is 6.42 Å². The predicted octanol–water partition coefficient (Wildman–Crippen LogP) is 3.00. The first-order valence-corrected chi connectivity index (χ1v) is 7.72. The molecule has 8 heteroatoms. The van der Waals surface area contributed by atoms with Crippen LogP contribution >= 0.6 is 0 Å². The van der Waals surface area contributed by atoms with Gasteiger partial charge in [-0.1, -0.05) is 0 Å². The summed E-state index contributed by atoms with van der Waals surface area (Å²) < 4.78 is 38.0. The maximum atomic E-state index is 13.9. The molecule has 6 nitrogen and oxygen atoms in total. The van der Waals surface area contributed by atoms with Crippen LogP contribution in [0.3, 0.4) is 0 Å². The smallest absolute Gasteiger partial charge is 0.286 e. The first-order valence-electron chi connectivity index (χ1n) is 7.72. The molecule has 2 amide bonds. The Hall–Kier alpha value is -3.42. The van der Waals surface area contributed by atoms with Crippen molar-refractivity contribution in [1.29, 1.82) is 0 Å². The zero-order valence-corrected chi connectivity index (χ0v) is 13.3. The molecule has 0 bridgehead atoms. The highest BCUT2D eigenvalue weighted by Gasteiger charge is 2.24. The molecule has 1 aliphatic heterocycles. The van der Waals surface area contributed by atoms with Gasteiger partial charge in [0.2, 0.25) is 5.76 Å². The maximum Gasteiger partial charge on any atom is 0.286 e. The van der Waals surface area contributed by atoms with Crippen LogP contribution in [0, 0.1) is 11.6 Å². The molecule has 0 unspecified atom stereocenters. The largest absolute Gasteiger partial charge is 0.493 e. The maximum absolute atomic E-state index is 13.9. The minimum Gasteiger partial charge on any atom is -0.493 e. The molecular weight excluding hydrogens is 346 g/mol. The third kappa shape index (κ3) is 2.55. The molecule has 3 aromatic rings. The predicted molar refractivity (Wildman–Crippen MR) is 88.2 cm³/mol. The second-order valence-corrected chi connectivity index (χ2v) is 5.81. The summed E-state index contributed by atoms with van der Waals surface area (Å²) in [4.78, 5) is 24.2. The SMILES string of the molecule is NC(=O)c1oc2c(F)cc(F)cc2c1NC(=O)c1ccc2c(c1)CCO2. The summed E-state index contributed by atoms with van der Waals surface area (Å²) >= 11 is 0. The van der Waals surface area contributed by atoms with E-state index >= 15 is 0 Å². The van der Waals surface area contributed by atoms with Gasteiger partial charge in [0.1, 0.15) is 17.3 Å². The van der Waals surface area contributed by atoms with Crippen molar-refractivity contribution in [1.82, 2.24) is 0 Å². The van der Waals surface area contributed by atoms with Crippen molar-refractivity contribution in [3.8, 4) is 5.75 Å². The summed E-state index contributed by atoms with van der Waals surface area (Å²) in [5.41, 5.74) is 5.88. The molecule has 26 heavy (non-hydrogen) atoms. The standard InChI is InChI=1S/C18H12F2N2O4/c19-10-6-11-14(16(17(21)23)26-15(11)12(20)7-10)22-18(24)9-1-2-13-8(5-9)3-4-25-13/h1-2,5-7H,3-4H2,(H2,21,23)(H,22,24). The Morgan fingerprint density at radius 1 is 1.15 bits per heavy atom. The molecule has 0 saturated carbocycles. The van der Waals surface area contributed by atoms with Crippen molar-refractivity contribution in [3.63, 3.8) is 0 Å². The van der Waals surface area contributed by atoms with Crippen molar-refractivity contribution < 1.29 is 27.5 Å². The Morgan fingerprint density at radius 2 is 1.96 bits per heavy atom. The molecule has 0 fully saturated rings. The van der Waals surface area contributed by atoms with Gasteiger partial charge in [-0.25, -0.2) is 8.78 Å². The van der Waals surface area contributed by atoms with E-state index < -0.39 is 29.2 Å². The number of fused-ring (bicyclic) bond motifs is 2. The van der Waals surface area contributed by atoms with Crippen LogP contribution in [0.1, 0.15) is 26.5 Å². The van der Waals surface area contributed by atoms with Crippen molar-refractivity contribution in [2.24, 2.45) is 5.73 Å². The van der Waals surface area contributed by atoms with E-state index in [1.54, 1.807) is 18.2 Å². The van der Waals surface area contributed by atoms with E-state index in [-0.39, 0.29) is 16.7 Å². The van der Waals surface area contributed by atoms with Gasteiger partial charge >= 0.3 is 0 Å². The summed E-state index contributed by atoms with van der Waals surface area (Å²) in [7, 11) is 0. The van der Waals surface area contributed by atoms with Crippen LogP contribution < -0.4 is 15.8 Å². The van der Waals surface area contributed by atoms with Crippen molar-refractivity contribution in [2.75, 3.05) is 11.9 Å². The highest BCUT2D eigenvalue weighted by Crippen LogP contribution is 2.34. The van der Waals surface area contributed by atoms with E-state index in [0.717, 1.165) is 11.6 Å². The van der Waals surface area contributed by atoms with E-state index in [1.165, 1.54) is 0 Å². The van der Waals surface area contributed by atoms with E-state index in [2.05, 4.69) is 5.32 Å². The molecule has 3 N–H and O–H groups in total. The number of benzene rings is 2. The summed E-state index contributed by atoms with van der Waals surface area (Å²) in [5.74, 6) is -3.22. The van der Waals surface area contributed by atoms with E-state index in [4.69, 9.17) is 14.9 Å². The normalized spacial score (nSPS) is 12.7. The number of anilines is 1. The van der Waals surface area contributed by atoms with Gasteiger partial charge in [-0.15, -0.1) is 0 Å². The van der Waals surface area contributed by atoms with Crippen molar-refractivity contribution >= 4 is 28.5 Å². The Labute approximate surface area is 145 Å². The number of rotatable bonds is 3. The van der Waals surface area contributed by atoms with Crippen LogP contribution in [-0.4, -0.2) is 18.4 Å². The monoisotopic (exact) mass is 358 g/mol. The van der Waals surface area contributed by atoms with Crippen molar-refractivity contribution in [3.05, 3.63) is 58.9 Å². The molecule has 0 radical (unpaired) electrons. The zero-order chi connectivity index (χ0) is 18.4. The average molecular weight is 358 g/mol. The lowest BCUT2D eigenvalue weighted by atomic mass is 10.1. The van der Waals surface area contributed by atoms with Crippen LogP contribution in [0.4, 0.5) is 14.5 Å². The molecule has 1 aromatic heterocycles. The van der Waals surface area contributed by atoms with Gasteiger partial charge in [0.25, 0.3) is 11.8 Å². The van der Waals surface area contributed by atoms with Gasteiger partial charge in [-0.3, -0.25) is 9.59 Å². The lowest BCUT2D eigenvalue weighted by molar-refractivity contribution is 0.0977. The number of carbonyl (C=O) groups excluding carboxylic acids is 2. The Kier molecular flexibility index (Phi) is 3.61. The summed E-state index contributed by atoms with van der Waals surface area (Å²) in [6, 6.07) is 6.44. The average Bonchev–Trinajstić information content (AvgIpc) is 3.19. The molecule has 0 atom stereocenters. The molecular formula is C18H12F2N2O4. The summed E-state index contributed by atoms with van der Waals surface area (Å²) in [6.07, 6.45) is 0.675. The fraction of sp³-hybridized carbons (Fsp3) is 0.111. The molecule has 4 rings (SSSR count). The number of hydrogen-bond donors (Lipinski definition) is 2. The summed E-state index contributed by atoms with van der Waals surface area (Å²) in [6.45, 7) is 0.539. The number of primary amides is 1. The van der Waals surface area contributed by atoms with Crippen LogP contribution in [0.25, 0.3) is 11.0 Å². The van der Waals surface area contributed by atoms with Crippen LogP contribution in [0.15, 0.2) is 34.7 Å². The molecule has 1 aliphatic rings. The van der Waals surface area contributed by atoms with E-state index in [0.29, 0.717) is 30.4 Å². The first-order chi connectivity index (χ1) is 12.4. The Morgan fingerprint density at radius 3 is 2.73 bits per heavy atom. The van der Waals surface area contributed by atoms with Gasteiger partial charge in [0.05, 0.1) is 12.0 Å². The van der Waals surface area contributed by atoms with Gasteiger partial charge in [-0.05, 0) is 29.8 Å². The number of furan rings is 1. The molecule has 0 saturated heterocycles. The number of nitrogens with one attached hydrogen (secondary N) is 1. The number of hydrogen-bond acceptors (Lipinski definition) is 4. The van der Waals surface area contributed by atoms with Gasteiger partial charge in [-0.2, -0.15) is 0 Å². The summed E-state index contributed by atoms with van der Waals surface area (Å²) in [5, 5.41) is 2.38. The Balaban J connectivity index is 1.77. The lowest BCUT2D eigenvalue weighted by Crippen LogP contribution is -2.17. The topological polar surface area (TPSA) is 94.6 Å². The van der Waals surface area contributed by atoms with Gasteiger partial charge < -0.3 is 20.2 Å². The van der Waals surface area contributed by atoms with Gasteiger partial charge in [0, 0.05) is 18.1 Å². The highest BCUT2D eigenvalue weighted by molar-refractivity contribution is 6.14. The minimum atomic E-state index is -1.02. The third-order valence-electron chi connectivity index (χ3n) is 4.12. The molecule has 132 valence electrons. The highest BCUT2D eigenvalue weighted by atomic mass is 19.1. The lowest BCUT2D eigenvalue weighted by Gasteiger charge is -2.06. The van der Waals surface area contributed by atoms with Gasteiger partial charge in [0.15, 0.2) is 11.4 Å².